The highest BCUT2D eigenvalue weighted by atomic mass is 32.2. The molecule has 0 amide bonds. The Morgan fingerprint density at radius 3 is 2.79 bits per heavy atom. The van der Waals surface area contributed by atoms with Gasteiger partial charge in [-0.15, -0.1) is 11.8 Å². The number of nitrogens with one attached hydrogen (secondary N) is 1. The smallest absolute Gasteiger partial charge is 0.300 e. The van der Waals surface area contributed by atoms with Gasteiger partial charge in [0.1, 0.15) is 0 Å². The summed E-state index contributed by atoms with van der Waals surface area (Å²) < 4.78 is 0. The van der Waals surface area contributed by atoms with Gasteiger partial charge in [0, 0.05) is 11.9 Å². The molecular weight excluding hydrogens is 256 g/mol. The van der Waals surface area contributed by atoms with Crippen molar-refractivity contribution in [3.05, 3.63) is 70.8 Å². The molecular formula is C15H12N2OS. The Kier molecular flexibility index (Phi) is 3.33. The van der Waals surface area contributed by atoms with E-state index in [1.54, 1.807) is 11.8 Å². The SMILES string of the molecule is O=c1nccc(SCc2cccc3ccccc23)[nH]1. The number of hydrogen-bond acceptors (Lipinski definition) is 3. The van der Waals surface area contributed by atoms with Crippen LogP contribution in [0.5, 0.6) is 0 Å². The van der Waals surface area contributed by atoms with Gasteiger partial charge in [0.15, 0.2) is 0 Å². The minimum absolute atomic E-state index is 0.303. The number of nitrogens with zero attached hydrogens (tertiary/aromatic N) is 1. The van der Waals surface area contributed by atoms with Gasteiger partial charge in [0.2, 0.25) is 0 Å². The van der Waals surface area contributed by atoms with E-state index in [0.717, 1.165) is 10.8 Å². The first-order valence-corrected chi connectivity index (χ1v) is 6.96. The van der Waals surface area contributed by atoms with Gasteiger partial charge in [-0.1, -0.05) is 42.5 Å². The van der Waals surface area contributed by atoms with Gasteiger partial charge >= 0.3 is 5.69 Å². The van der Waals surface area contributed by atoms with E-state index in [-0.39, 0.29) is 5.69 Å². The first-order valence-electron chi connectivity index (χ1n) is 5.98. The van der Waals surface area contributed by atoms with Crippen LogP contribution in [-0.4, -0.2) is 9.97 Å². The van der Waals surface area contributed by atoms with E-state index < -0.39 is 0 Å². The molecule has 3 rings (SSSR count). The molecule has 4 heteroatoms. The van der Waals surface area contributed by atoms with Crippen molar-refractivity contribution in [2.24, 2.45) is 0 Å². The molecule has 0 saturated heterocycles. The molecule has 3 aromatic rings. The molecule has 0 bridgehead atoms. The van der Waals surface area contributed by atoms with E-state index in [1.807, 2.05) is 18.2 Å². The Morgan fingerprint density at radius 1 is 1.05 bits per heavy atom. The Bertz CT molecular complexity index is 762. The molecule has 0 fully saturated rings. The van der Waals surface area contributed by atoms with Crippen LogP contribution in [0.25, 0.3) is 10.8 Å². The summed E-state index contributed by atoms with van der Waals surface area (Å²) in [6.07, 6.45) is 1.53. The van der Waals surface area contributed by atoms with Crippen molar-refractivity contribution >= 4 is 22.5 Å². The Morgan fingerprint density at radius 2 is 1.89 bits per heavy atom. The van der Waals surface area contributed by atoms with E-state index >= 15 is 0 Å². The van der Waals surface area contributed by atoms with Gasteiger partial charge in [-0.25, -0.2) is 9.78 Å². The zero-order chi connectivity index (χ0) is 13.1. The number of thioether (sulfide) groups is 1. The Hall–Kier alpha value is -2.07. The lowest BCUT2D eigenvalue weighted by atomic mass is 10.1. The minimum Gasteiger partial charge on any atom is -0.300 e. The number of H-pyrrole nitrogens is 1. The molecule has 1 heterocycles. The normalized spacial score (nSPS) is 10.7. The van der Waals surface area contributed by atoms with Crippen molar-refractivity contribution in [1.82, 2.24) is 9.97 Å². The third-order valence-electron chi connectivity index (χ3n) is 2.91. The maximum atomic E-state index is 11.1. The highest BCUT2D eigenvalue weighted by Gasteiger charge is 2.02. The fourth-order valence-electron chi connectivity index (χ4n) is 2.01. The molecule has 3 nitrogen and oxygen atoms in total. The summed E-state index contributed by atoms with van der Waals surface area (Å²) in [5, 5.41) is 3.34. The van der Waals surface area contributed by atoms with Crippen LogP contribution in [0.3, 0.4) is 0 Å². The van der Waals surface area contributed by atoms with E-state index in [0.29, 0.717) is 0 Å². The van der Waals surface area contributed by atoms with Crippen LogP contribution in [0.15, 0.2) is 64.5 Å². The lowest BCUT2D eigenvalue weighted by Gasteiger charge is -2.06. The summed E-state index contributed by atoms with van der Waals surface area (Å²) >= 11 is 1.61. The molecule has 0 radical (unpaired) electrons. The number of rotatable bonds is 3. The van der Waals surface area contributed by atoms with Crippen molar-refractivity contribution in [3.8, 4) is 0 Å². The highest BCUT2D eigenvalue weighted by Crippen LogP contribution is 2.25. The third-order valence-corrected chi connectivity index (χ3v) is 3.92. The Balaban J connectivity index is 1.88. The van der Waals surface area contributed by atoms with Gasteiger partial charge in [-0.3, -0.25) is 0 Å². The quantitative estimate of drug-likeness (QED) is 0.586. The van der Waals surface area contributed by atoms with Crippen LogP contribution >= 0.6 is 11.8 Å². The standard InChI is InChI=1S/C15H12N2OS/c18-15-16-9-8-14(17-15)19-10-12-6-3-5-11-4-1-2-7-13(11)12/h1-9H,10H2,(H,16,17,18). The van der Waals surface area contributed by atoms with Crippen LogP contribution in [-0.2, 0) is 5.75 Å². The second kappa shape index (κ2) is 5.28. The number of fused-ring (bicyclic) bond motifs is 1. The van der Waals surface area contributed by atoms with Crippen LogP contribution in [0, 0.1) is 0 Å². The van der Waals surface area contributed by atoms with E-state index in [4.69, 9.17) is 0 Å². The van der Waals surface area contributed by atoms with E-state index in [2.05, 4.69) is 40.3 Å². The molecule has 0 saturated carbocycles. The molecule has 2 aromatic carbocycles. The maximum absolute atomic E-state index is 11.1. The highest BCUT2D eigenvalue weighted by molar-refractivity contribution is 7.98. The molecule has 0 unspecified atom stereocenters. The topological polar surface area (TPSA) is 45.8 Å². The summed E-state index contributed by atoms with van der Waals surface area (Å²) in [4.78, 5) is 17.5. The zero-order valence-electron chi connectivity index (χ0n) is 10.2. The molecule has 19 heavy (non-hydrogen) atoms. The Labute approximate surface area is 114 Å². The average Bonchev–Trinajstić information content (AvgIpc) is 2.45. The molecule has 0 aliphatic carbocycles. The van der Waals surface area contributed by atoms with Crippen LogP contribution < -0.4 is 5.69 Å². The van der Waals surface area contributed by atoms with Crippen molar-refractivity contribution in [2.45, 2.75) is 10.8 Å². The minimum atomic E-state index is -0.303. The largest absolute Gasteiger partial charge is 0.345 e. The van der Waals surface area contributed by atoms with Crippen LogP contribution in [0.1, 0.15) is 5.56 Å². The summed E-state index contributed by atoms with van der Waals surface area (Å²) in [5.41, 5.74) is 0.962. The zero-order valence-corrected chi connectivity index (χ0v) is 11.0. The average molecular weight is 268 g/mol. The molecule has 1 N–H and O–H groups in total. The van der Waals surface area contributed by atoms with Crippen molar-refractivity contribution in [1.29, 1.82) is 0 Å². The first-order chi connectivity index (χ1) is 9.33. The van der Waals surface area contributed by atoms with E-state index in [9.17, 15) is 4.79 Å². The number of benzene rings is 2. The van der Waals surface area contributed by atoms with Crippen LogP contribution in [0.2, 0.25) is 0 Å². The van der Waals surface area contributed by atoms with Crippen molar-refractivity contribution < 1.29 is 0 Å². The lowest BCUT2D eigenvalue weighted by Crippen LogP contribution is -2.08. The van der Waals surface area contributed by atoms with Gasteiger partial charge in [0.25, 0.3) is 0 Å². The third kappa shape index (κ3) is 2.69. The van der Waals surface area contributed by atoms with Gasteiger partial charge in [-0.05, 0) is 22.4 Å². The van der Waals surface area contributed by atoms with Gasteiger partial charge in [0.05, 0.1) is 5.03 Å². The first kappa shape index (κ1) is 12.0. The molecule has 1 aromatic heterocycles. The molecule has 0 aliphatic heterocycles. The lowest BCUT2D eigenvalue weighted by molar-refractivity contribution is 0.979. The predicted molar refractivity (Wildman–Crippen MR) is 78.4 cm³/mol. The monoisotopic (exact) mass is 268 g/mol. The van der Waals surface area contributed by atoms with Crippen molar-refractivity contribution in [2.75, 3.05) is 0 Å². The summed E-state index contributed by atoms with van der Waals surface area (Å²) in [6, 6.07) is 16.4. The summed E-state index contributed by atoms with van der Waals surface area (Å²) in [7, 11) is 0. The van der Waals surface area contributed by atoms with Gasteiger partial charge < -0.3 is 4.98 Å². The van der Waals surface area contributed by atoms with Crippen molar-refractivity contribution in [3.63, 3.8) is 0 Å². The van der Waals surface area contributed by atoms with Crippen LogP contribution in [0.4, 0.5) is 0 Å². The maximum Gasteiger partial charge on any atom is 0.345 e. The number of aromatic nitrogens is 2. The second-order valence-corrected chi connectivity index (χ2v) is 5.18. The number of hydrogen-bond donors (Lipinski definition) is 1. The molecule has 94 valence electrons. The van der Waals surface area contributed by atoms with E-state index in [1.165, 1.54) is 22.5 Å². The molecule has 0 spiro atoms. The second-order valence-electron chi connectivity index (χ2n) is 4.17. The summed E-state index contributed by atoms with van der Waals surface area (Å²) in [6.45, 7) is 0. The molecule has 0 aliphatic rings. The fraction of sp³-hybridized carbons (Fsp3) is 0.0667. The fourth-order valence-corrected chi connectivity index (χ4v) is 2.89. The number of aromatic amines is 1. The summed E-state index contributed by atoms with van der Waals surface area (Å²) in [5.74, 6) is 0.821. The van der Waals surface area contributed by atoms with Gasteiger partial charge in [-0.2, -0.15) is 0 Å². The predicted octanol–water partition coefficient (Wildman–Crippen LogP) is 3.22. The molecule has 0 atom stereocenters.